The minimum atomic E-state index is -3.59. The van der Waals surface area contributed by atoms with Crippen LogP contribution in [0.4, 0.5) is 11.4 Å². The molecule has 2 aromatic rings. The number of nitrogens with one attached hydrogen (secondary N) is 1. The van der Waals surface area contributed by atoms with Crippen molar-refractivity contribution < 1.29 is 13.2 Å². The highest BCUT2D eigenvalue weighted by Gasteiger charge is 2.21. The van der Waals surface area contributed by atoms with Crippen molar-refractivity contribution in [3.8, 4) is 0 Å². The number of rotatable bonds is 8. The van der Waals surface area contributed by atoms with Gasteiger partial charge in [0.1, 0.15) is 6.54 Å². The second kappa shape index (κ2) is 9.19. The van der Waals surface area contributed by atoms with Crippen LogP contribution in [0.1, 0.15) is 25.3 Å². The van der Waals surface area contributed by atoms with Crippen LogP contribution in [0.3, 0.4) is 0 Å². The molecular weight excluding hydrogens is 416 g/mol. The molecule has 2 rings (SSSR count). The molecule has 5 nitrogen and oxygen atoms in total. The minimum absolute atomic E-state index is 0.285. The molecule has 0 heterocycles. The van der Waals surface area contributed by atoms with Gasteiger partial charge in [-0.05, 0) is 48.7 Å². The summed E-state index contributed by atoms with van der Waals surface area (Å²) in [6.45, 7) is 1.86. The van der Waals surface area contributed by atoms with Crippen LogP contribution in [0.5, 0.6) is 0 Å². The molecule has 0 aliphatic carbocycles. The van der Waals surface area contributed by atoms with Gasteiger partial charge in [0, 0.05) is 10.2 Å². The van der Waals surface area contributed by atoms with E-state index in [0.717, 1.165) is 34.3 Å². The van der Waals surface area contributed by atoms with Gasteiger partial charge in [-0.15, -0.1) is 0 Å². The maximum atomic E-state index is 12.4. The van der Waals surface area contributed by atoms with Crippen LogP contribution in [-0.2, 0) is 21.2 Å². The minimum Gasteiger partial charge on any atom is -0.325 e. The molecule has 0 aliphatic heterocycles. The van der Waals surface area contributed by atoms with Crippen LogP contribution in [0.25, 0.3) is 0 Å². The summed E-state index contributed by atoms with van der Waals surface area (Å²) >= 11 is 3.32. The third kappa shape index (κ3) is 6.14. The van der Waals surface area contributed by atoms with E-state index in [0.29, 0.717) is 11.4 Å². The average molecular weight is 439 g/mol. The van der Waals surface area contributed by atoms with Crippen LogP contribution in [0, 0.1) is 0 Å². The maximum Gasteiger partial charge on any atom is 0.245 e. The van der Waals surface area contributed by atoms with Crippen molar-refractivity contribution >= 4 is 43.2 Å². The van der Waals surface area contributed by atoms with Crippen molar-refractivity contribution in [2.45, 2.75) is 26.2 Å². The van der Waals surface area contributed by atoms with E-state index < -0.39 is 15.9 Å². The van der Waals surface area contributed by atoms with Gasteiger partial charge in [0.15, 0.2) is 0 Å². The highest BCUT2D eigenvalue weighted by Crippen LogP contribution is 2.22. The Hall–Kier alpha value is -1.86. The Labute approximate surface area is 163 Å². The van der Waals surface area contributed by atoms with Gasteiger partial charge in [-0.1, -0.05) is 47.5 Å². The van der Waals surface area contributed by atoms with Crippen molar-refractivity contribution in [2.24, 2.45) is 0 Å². The molecule has 26 heavy (non-hydrogen) atoms. The summed E-state index contributed by atoms with van der Waals surface area (Å²) in [6, 6.07) is 14.5. The van der Waals surface area contributed by atoms with Crippen molar-refractivity contribution in [1.82, 2.24) is 0 Å². The summed E-state index contributed by atoms with van der Waals surface area (Å²) in [5.74, 6) is -0.392. The topological polar surface area (TPSA) is 66.5 Å². The summed E-state index contributed by atoms with van der Waals surface area (Å²) < 4.78 is 26.0. The molecule has 0 saturated heterocycles. The van der Waals surface area contributed by atoms with Gasteiger partial charge in [0.2, 0.25) is 15.9 Å². The summed E-state index contributed by atoms with van der Waals surface area (Å²) in [5.41, 5.74) is 2.31. The van der Waals surface area contributed by atoms with E-state index >= 15 is 0 Å². The predicted octanol–water partition coefficient (Wildman–Crippen LogP) is 4.20. The van der Waals surface area contributed by atoms with Gasteiger partial charge in [-0.2, -0.15) is 0 Å². The largest absolute Gasteiger partial charge is 0.325 e. The van der Waals surface area contributed by atoms with Gasteiger partial charge in [-0.25, -0.2) is 8.42 Å². The van der Waals surface area contributed by atoms with Gasteiger partial charge in [-0.3, -0.25) is 9.10 Å². The Kier molecular flexibility index (Phi) is 7.23. The van der Waals surface area contributed by atoms with E-state index in [1.54, 1.807) is 24.3 Å². The Morgan fingerprint density at radius 3 is 2.42 bits per heavy atom. The molecule has 7 heteroatoms. The van der Waals surface area contributed by atoms with Crippen LogP contribution < -0.4 is 9.62 Å². The second-order valence-electron chi connectivity index (χ2n) is 6.10. The van der Waals surface area contributed by atoms with Crippen LogP contribution >= 0.6 is 15.9 Å². The fourth-order valence-electron chi connectivity index (χ4n) is 2.50. The number of sulfonamides is 1. The second-order valence-corrected chi connectivity index (χ2v) is 8.92. The Balaban J connectivity index is 2.08. The molecule has 1 amide bonds. The predicted molar refractivity (Wildman–Crippen MR) is 110 cm³/mol. The fourth-order valence-corrected chi connectivity index (χ4v) is 3.73. The fraction of sp³-hybridized carbons (Fsp3) is 0.316. The van der Waals surface area contributed by atoms with Crippen molar-refractivity contribution in [3.05, 3.63) is 58.6 Å². The molecule has 0 aromatic heterocycles. The Morgan fingerprint density at radius 1 is 1.15 bits per heavy atom. The number of carbonyl (C=O) groups excluding carboxylic acids is 1. The molecule has 140 valence electrons. The molecule has 0 atom stereocenters. The Bertz CT molecular complexity index is 851. The van der Waals surface area contributed by atoms with E-state index in [1.165, 1.54) is 5.56 Å². The molecule has 0 spiro atoms. The lowest BCUT2D eigenvalue weighted by atomic mass is 10.1. The van der Waals surface area contributed by atoms with Crippen molar-refractivity contribution in [1.29, 1.82) is 0 Å². The van der Waals surface area contributed by atoms with Crippen LogP contribution in [0.2, 0.25) is 0 Å². The first-order chi connectivity index (χ1) is 12.3. The SMILES string of the molecule is CCCCc1ccc(NC(=O)CN(c2cccc(Br)c2)S(C)(=O)=O)cc1. The summed E-state index contributed by atoms with van der Waals surface area (Å²) in [7, 11) is -3.59. The zero-order chi connectivity index (χ0) is 19.2. The van der Waals surface area contributed by atoms with Gasteiger partial charge in [0.05, 0.1) is 11.9 Å². The van der Waals surface area contributed by atoms with E-state index in [4.69, 9.17) is 0 Å². The third-order valence-corrected chi connectivity index (χ3v) is 5.47. The maximum absolute atomic E-state index is 12.4. The number of unbranched alkanes of at least 4 members (excludes halogenated alkanes) is 1. The number of hydrogen-bond donors (Lipinski definition) is 1. The zero-order valence-corrected chi connectivity index (χ0v) is 17.3. The van der Waals surface area contributed by atoms with E-state index in [9.17, 15) is 13.2 Å². The highest BCUT2D eigenvalue weighted by atomic mass is 79.9. The highest BCUT2D eigenvalue weighted by molar-refractivity contribution is 9.10. The molecular formula is C19H23BrN2O3S. The third-order valence-electron chi connectivity index (χ3n) is 3.84. The number of amides is 1. The van der Waals surface area contributed by atoms with Gasteiger partial charge in [0.25, 0.3) is 0 Å². The number of hydrogen-bond acceptors (Lipinski definition) is 3. The van der Waals surface area contributed by atoms with Gasteiger partial charge < -0.3 is 5.32 Å². The summed E-state index contributed by atoms with van der Waals surface area (Å²) in [4.78, 5) is 12.4. The lowest BCUT2D eigenvalue weighted by Gasteiger charge is -2.22. The van der Waals surface area contributed by atoms with Crippen molar-refractivity contribution in [3.63, 3.8) is 0 Å². The number of aryl methyl sites for hydroxylation is 1. The summed E-state index contributed by atoms with van der Waals surface area (Å²) in [6.07, 6.45) is 4.36. The van der Waals surface area contributed by atoms with E-state index in [-0.39, 0.29) is 6.54 Å². The van der Waals surface area contributed by atoms with Crippen LogP contribution in [0.15, 0.2) is 53.0 Å². The number of carbonyl (C=O) groups is 1. The molecule has 0 fully saturated rings. The monoisotopic (exact) mass is 438 g/mol. The molecule has 0 unspecified atom stereocenters. The lowest BCUT2D eigenvalue weighted by molar-refractivity contribution is -0.114. The van der Waals surface area contributed by atoms with E-state index in [2.05, 4.69) is 28.2 Å². The number of benzene rings is 2. The van der Waals surface area contributed by atoms with Crippen LogP contribution in [-0.4, -0.2) is 27.1 Å². The lowest BCUT2D eigenvalue weighted by Crippen LogP contribution is -2.37. The molecule has 0 bridgehead atoms. The first-order valence-corrected chi connectivity index (χ1v) is 11.1. The molecule has 0 aliphatic rings. The normalized spacial score (nSPS) is 11.2. The molecule has 2 aromatic carbocycles. The smallest absolute Gasteiger partial charge is 0.245 e. The molecule has 0 radical (unpaired) electrons. The number of nitrogens with zero attached hydrogens (tertiary/aromatic N) is 1. The molecule has 1 N–H and O–H groups in total. The van der Waals surface area contributed by atoms with E-state index in [1.807, 2.05) is 24.3 Å². The number of anilines is 2. The zero-order valence-electron chi connectivity index (χ0n) is 14.9. The first-order valence-electron chi connectivity index (χ1n) is 8.41. The first kappa shape index (κ1) is 20.5. The molecule has 0 saturated carbocycles. The standard InChI is InChI=1S/C19H23BrN2O3S/c1-3-4-6-15-9-11-17(12-10-15)21-19(23)14-22(26(2,24)25)18-8-5-7-16(20)13-18/h5,7-13H,3-4,6,14H2,1-2H3,(H,21,23). The average Bonchev–Trinajstić information content (AvgIpc) is 2.58. The van der Waals surface area contributed by atoms with Gasteiger partial charge >= 0.3 is 0 Å². The van der Waals surface area contributed by atoms with Crippen molar-refractivity contribution in [2.75, 3.05) is 22.4 Å². The quantitative estimate of drug-likeness (QED) is 0.671. The number of halogens is 1. The summed E-state index contributed by atoms with van der Waals surface area (Å²) in [5, 5.41) is 2.76. The Morgan fingerprint density at radius 2 is 1.85 bits per heavy atom.